The van der Waals surface area contributed by atoms with Gasteiger partial charge in [-0.2, -0.15) is 5.06 Å². The van der Waals surface area contributed by atoms with Crippen LogP contribution in [0, 0.1) is 0 Å². The highest BCUT2D eigenvalue weighted by molar-refractivity contribution is 6.31. The summed E-state index contributed by atoms with van der Waals surface area (Å²) in [7, 11) is 0. The van der Waals surface area contributed by atoms with Crippen LogP contribution < -0.4 is 0 Å². The van der Waals surface area contributed by atoms with Crippen molar-refractivity contribution in [3.8, 4) is 0 Å². The Hall–Kier alpha value is -3.80. The molecule has 2 aliphatic heterocycles. The maximum Gasteiger partial charge on any atom is 0.363 e. The predicted molar refractivity (Wildman–Crippen MR) is 119 cm³/mol. The van der Waals surface area contributed by atoms with Gasteiger partial charge in [-0.05, 0) is 48.5 Å². The highest BCUT2D eigenvalue weighted by Gasteiger charge is 2.33. The van der Waals surface area contributed by atoms with Gasteiger partial charge in [0, 0.05) is 35.7 Å². The third-order valence-electron chi connectivity index (χ3n) is 4.38. The molecule has 0 radical (unpaired) electrons. The molecule has 0 atom stereocenters. The molecule has 0 saturated carbocycles. The van der Waals surface area contributed by atoms with Gasteiger partial charge in [-0.25, -0.2) is 9.59 Å². The summed E-state index contributed by atoms with van der Waals surface area (Å²) in [6.45, 7) is 0. The first-order chi connectivity index (χ1) is 16.5. The second-order valence-electron chi connectivity index (χ2n) is 6.88. The van der Waals surface area contributed by atoms with Crippen LogP contribution in [0.4, 0.5) is 0 Å². The molecule has 2 aliphatic rings. The summed E-state index contributed by atoms with van der Waals surface area (Å²) < 4.78 is 0. The Morgan fingerprint density at radius 1 is 0.686 bits per heavy atom. The van der Waals surface area contributed by atoms with Gasteiger partial charge in [0.25, 0.3) is 23.6 Å². The SMILES string of the molecule is O=C(O)c1ccc(Cl)cc1.O=C(ON1C(=O)CCC1=O)c1ccc(Cl)cc1.O=C1CCC(=O)N1O. The topological polar surface area (TPSA) is 159 Å². The first-order valence-electron chi connectivity index (χ1n) is 9.86. The average molecular weight is 525 g/mol. The molecule has 0 aliphatic carbocycles. The smallest absolute Gasteiger partial charge is 0.363 e. The van der Waals surface area contributed by atoms with Gasteiger partial charge in [0.2, 0.25) is 0 Å². The van der Waals surface area contributed by atoms with Gasteiger partial charge in [-0.3, -0.25) is 24.4 Å². The molecule has 2 saturated heterocycles. The van der Waals surface area contributed by atoms with E-state index in [1.165, 1.54) is 36.4 Å². The molecule has 2 aromatic rings. The lowest BCUT2D eigenvalue weighted by atomic mass is 10.2. The summed E-state index contributed by atoms with van der Waals surface area (Å²) in [5, 5.41) is 18.5. The van der Waals surface area contributed by atoms with Crippen LogP contribution in [0.5, 0.6) is 0 Å². The minimum atomic E-state index is -0.934. The molecule has 2 heterocycles. The van der Waals surface area contributed by atoms with Gasteiger partial charge in [0.1, 0.15) is 0 Å². The van der Waals surface area contributed by atoms with Crippen LogP contribution in [0.15, 0.2) is 48.5 Å². The number of carboxylic acids is 1. The van der Waals surface area contributed by atoms with Gasteiger partial charge >= 0.3 is 11.9 Å². The van der Waals surface area contributed by atoms with Crippen molar-refractivity contribution in [2.45, 2.75) is 25.7 Å². The van der Waals surface area contributed by atoms with E-state index in [0.717, 1.165) is 0 Å². The molecule has 4 amide bonds. The number of rotatable bonds is 3. The molecule has 0 spiro atoms. The van der Waals surface area contributed by atoms with E-state index >= 15 is 0 Å². The number of halogens is 2. The zero-order valence-corrected chi connectivity index (χ0v) is 19.4. The van der Waals surface area contributed by atoms with Crippen LogP contribution in [0.1, 0.15) is 46.4 Å². The zero-order chi connectivity index (χ0) is 26.1. The Kier molecular flexibility index (Phi) is 9.88. The summed E-state index contributed by atoms with van der Waals surface area (Å²) in [6, 6.07) is 12.0. The van der Waals surface area contributed by atoms with Crippen molar-refractivity contribution in [3.05, 3.63) is 69.7 Å². The summed E-state index contributed by atoms with van der Waals surface area (Å²) in [6.07, 6.45) is 0.449. The molecule has 13 heteroatoms. The van der Waals surface area contributed by atoms with E-state index in [2.05, 4.69) is 0 Å². The molecule has 0 aromatic heterocycles. The number of carbonyl (C=O) groups is 6. The Labute approximate surface area is 208 Å². The molecule has 11 nitrogen and oxygen atoms in total. The lowest BCUT2D eigenvalue weighted by Crippen LogP contribution is -2.32. The van der Waals surface area contributed by atoms with Crippen LogP contribution in [-0.2, 0) is 24.0 Å². The van der Waals surface area contributed by atoms with Crippen molar-refractivity contribution >= 4 is 58.8 Å². The summed E-state index contributed by atoms with van der Waals surface area (Å²) in [5.74, 6) is -3.71. The number of aromatic carboxylic acids is 1. The Balaban J connectivity index is 0.000000204. The number of hydrogen-bond donors (Lipinski definition) is 2. The number of hydrogen-bond acceptors (Lipinski definition) is 8. The van der Waals surface area contributed by atoms with E-state index < -0.39 is 35.6 Å². The molecular weight excluding hydrogens is 507 g/mol. The third kappa shape index (κ3) is 8.18. The molecule has 184 valence electrons. The van der Waals surface area contributed by atoms with Crippen molar-refractivity contribution in [2.24, 2.45) is 0 Å². The van der Waals surface area contributed by atoms with Crippen molar-refractivity contribution in [1.29, 1.82) is 0 Å². The maximum absolute atomic E-state index is 11.6. The van der Waals surface area contributed by atoms with Crippen LogP contribution in [-0.4, -0.2) is 56.0 Å². The largest absolute Gasteiger partial charge is 0.478 e. The number of benzene rings is 2. The zero-order valence-electron chi connectivity index (χ0n) is 17.8. The number of imide groups is 2. The van der Waals surface area contributed by atoms with Crippen molar-refractivity contribution < 1.29 is 43.9 Å². The quantitative estimate of drug-likeness (QED) is 0.454. The minimum absolute atomic E-state index is 0.0761. The summed E-state index contributed by atoms with van der Waals surface area (Å²) in [5.41, 5.74) is 0.478. The van der Waals surface area contributed by atoms with Crippen molar-refractivity contribution in [1.82, 2.24) is 10.1 Å². The molecule has 2 fully saturated rings. The highest BCUT2D eigenvalue weighted by atomic mass is 35.5. The molecule has 2 N–H and O–H groups in total. The lowest BCUT2D eigenvalue weighted by molar-refractivity contribution is -0.173. The first kappa shape index (κ1) is 27.4. The molecule has 4 rings (SSSR count). The fraction of sp³-hybridized carbons (Fsp3) is 0.182. The lowest BCUT2D eigenvalue weighted by Gasteiger charge is -2.12. The number of carbonyl (C=O) groups excluding carboxylic acids is 5. The van der Waals surface area contributed by atoms with Gasteiger partial charge in [0.15, 0.2) is 0 Å². The Morgan fingerprint density at radius 3 is 1.40 bits per heavy atom. The maximum atomic E-state index is 11.6. The minimum Gasteiger partial charge on any atom is -0.478 e. The fourth-order valence-corrected chi connectivity index (χ4v) is 2.79. The molecule has 0 unspecified atom stereocenters. The fourth-order valence-electron chi connectivity index (χ4n) is 2.54. The average Bonchev–Trinajstić information content (AvgIpc) is 3.30. The summed E-state index contributed by atoms with van der Waals surface area (Å²) in [4.78, 5) is 69.5. The molecule has 0 bridgehead atoms. The highest BCUT2D eigenvalue weighted by Crippen LogP contribution is 2.15. The first-order valence-corrected chi connectivity index (χ1v) is 10.6. The number of amides is 4. The van der Waals surface area contributed by atoms with Crippen LogP contribution in [0.3, 0.4) is 0 Å². The van der Waals surface area contributed by atoms with E-state index in [0.29, 0.717) is 15.1 Å². The van der Waals surface area contributed by atoms with Gasteiger partial charge in [0.05, 0.1) is 11.1 Å². The number of carboxylic acid groups (broad SMARTS) is 1. The van der Waals surface area contributed by atoms with E-state index in [4.69, 9.17) is 38.4 Å². The van der Waals surface area contributed by atoms with E-state index in [-0.39, 0.29) is 41.9 Å². The summed E-state index contributed by atoms with van der Waals surface area (Å²) >= 11 is 11.2. The van der Waals surface area contributed by atoms with E-state index in [1.54, 1.807) is 12.1 Å². The van der Waals surface area contributed by atoms with Crippen molar-refractivity contribution in [2.75, 3.05) is 0 Å². The Bertz CT molecular complexity index is 1100. The van der Waals surface area contributed by atoms with Crippen LogP contribution >= 0.6 is 23.2 Å². The molecule has 2 aromatic carbocycles. The van der Waals surface area contributed by atoms with Gasteiger partial charge < -0.3 is 9.94 Å². The molecule has 35 heavy (non-hydrogen) atoms. The van der Waals surface area contributed by atoms with E-state index in [1.807, 2.05) is 0 Å². The van der Waals surface area contributed by atoms with Crippen molar-refractivity contribution in [3.63, 3.8) is 0 Å². The second-order valence-corrected chi connectivity index (χ2v) is 7.75. The van der Waals surface area contributed by atoms with Crippen LogP contribution in [0.2, 0.25) is 10.0 Å². The number of nitrogens with zero attached hydrogens (tertiary/aromatic N) is 2. The van der Waals surface area contributed by atoms with Gasteiger partial charge in [-0.15, -0.1) is 5.06 Å². The molecular formula is C22H18Cl2N2O9. The Morgan fingerprint density at radius 2 is 1.06 bits per heavy atom. The standard InChI is InChI=1S/C11H8ClNO4.C7H5ClO2.C4H5NO3/c12-8-3-1-7(2-4-8)11(16)17-13-9(14)5-6-10(13)15;8-6-3-1-5(2-4-6)7(9)10;6-3-1-2-4(7)5(3)8/h1-4H,5-6H2;1-4H,(H,9,10);8H,1-2H2. The monoisotopic (exact) mass is 524 g/mol. The van der Waals surface area contributed by atoms with Crippen LogP contribution in [0.25, 0.3) is 0 Å². The predicted octanol–water partition coefficient (Wildman–Crippen LogP) is 3.12. The third-order valence-corrected chi connectivity index (χ3v) is 4.88. The number of hydroxylamine groups is 4. The van der Waals surface area contributed by atoms with E-state index in [9.17, 15) is 28.8 Å². The second kappa shape index (κ2) is 12.6. The van der Waals surface area contributed by atoms with Gasteiger partial charge in [-0.1, -0.05) is 23.2 Å². The normalized spacial score (nSPS) is 14.7.